The summed E-state index contributed by atoms with van der Waals surface area (Å²) in [5, 5.41) is 3.39. The van der Waals surface area contributed by atoms with Crippen LogP contribution >= 0.6 is 0 Å². The lowest BCUT2D eigenvalue weighted by atomic mass is 10.1. The normalized spacial score (nSPS) is 10.8. The van der Waals surface area contributed by atoms with Crippen LogP contribution in [0.1, 0.15) is 30.7 Å². The zero-order chi connectivity index (χ0) is 14.3. The molecule has 0 aliphatic heterocycles. The van der Waals surface area contributed by atoms with Crippen molar-refractivity contribution in [1.82, 2.24) is 10.3 Å². The lowest BCUT2D eigenvalue weighted by Gasteiger charge is -2.23. The first-order valence-corrected chi connectivity index (χ1v) is 7.06. The second kappa shape index (κ2) is 8.12. The lowest BCUT2D eigenvalue weighted by Crippen LogP contribution is -2.27. The van der Waals surface area contributed by atoms with E-state index in [1.165, 1.54) is 11.1 Å². The second-order valence-electron chi connectivity index (χ2n) is 4.78. The van der Waals surface area contributed by atoms with E-state index in [2.05, 4.69) is 37.2 Å². The fourth-order valence-electron chi connectivity index (χ4n) is 2.08. The molecule has 0 spiro atoms. The molecule has 1 aromatic rings. The van der Waals surface area contributed by atoms with E-state index in [-0.39, 0.29) is 0 Å². The summed E-state index contributed by atoms with van der Waals surface area (Å²) in [5.41, 5.74) is 3.65. The minimum atomic E-state index is 0.738. The van der Waals surface area contributed by atoms with Gasteiger partial charge in [-0.25, -0.2) is 4.98 Å². The Morgan fingerprint density at radius 3 is 2.68 bits per heavy atom. The Morgan fingerprint density at radius 2 is 2.05 bits per heavy atom. The van der Waals surface area contributed by atoms with Crippen molar-refractivity contribution in [3.8, 4) is 0 Å². The van der Waals surface area contributed by atoms with Gasteiger partial charge in [-0.05, 0) is 38.9 Å². The van der Waals surface area contributed by atoms with Crippen molar-refractivity contribution in [2.24, 2.45) is 0 Å². The third kappa shape index (κ3) is 4.80. The van der Waals surface area contributed by atoms with Crippen LogP contribution in [0.15, 0.2) is 6.07 Å². The quantitative estimate of drug-likeness (QED) is 0.732. The maximum Gasteiger partial charge on any atom is 0.133 e. The molecule has 1 rings (SSSR count). The Labute approximate surface area is 117 Å². The SMILES string of the molecule is CCNCc1c(C)cc(C)nc1N(C)CCOCC. The molecule has 0 fully saturated rings. The maximum atomic E-state index is 5.42. The monoisotopic (exact) mass is 265 g/mol. The topological polar surface area (TPSA) is 37.4 Å². The third-order valence-corrected chi connectivity index (χ3v) is 3.14. The maximum absolute atomic E-state index is 5.42. The molecule has 0 unspecified atom stereocenters. The van der Waals surface area contributed by atoms with Crippen LogP contribution in [-0.2, 0) is 11.3 Å². The molecule has 0 aromatic carbocycles. The van der Waals surface area contributed by atoms with Crippen molar-refractivity contribution in [1.29, 1.82) is 0 Å². The largest absolute Gasteiger partial charge is 0.380 e. The van der Waals surface area contributed by atoms with Gasteiger partial charge in [-0.2, -0.15) is 0 Å². The summed E-state index contributed by atoms with van der Waals surface area (Å²) in [7, 11) is 2.08. The smallest absolute Gasteiger partial charge is 0.133 e. The number of pyridine rings is 1. The van der Waals surface area contributed by atoms with E-state index in [9.17, 15) is 0 Å². The summed E-state index contributed by atoms with van der Waals surface area (Å²) in [6, 6.07) is 2.15. The molecule has 0 aliphatic carbocycles. The molecule has 19 heavy (non-hydrogen) atoms. The zero-order valence-electron chi connectivity index (χ0n) is 12.9. The average Bonchev–Trinajstić information content (AvgIpc) is 2.37. The fourth-order valence-corrected chi connectivity index (χ4v) is 2.08. The van der Waals surface area contributed by atoms with Crippen LogP contribution in [0.3, 0.4) is 0 Å². The van der Waals surface area contributed by atoms with Gasteiger partial charge in [-0.1, -0.05) is 6.92 Å². The van der Waals surface area contributed by atoms with E-state index >= 15 is 0 Å². The molecule has 1 heterocycles. The number of ether oxygens (including phenoxy) is 1. The highest BCUT2D eigenvalue weighted by molar-refractivity contribution is 5.51. The molecule has 1 aromatic heterocycles. The molecule has 0 aliphatic rings. The highest BCUT2D eigenvalue weighted by Gasteiger charge is 2.12. The number of aromatic nitrogens is 1. The van der Waals surface area contributed by atoms with Gasteiger partial charge in [-0.3, -0.25) is 0 Å². The Balaban J connectivity index is 2.89. The van der Waals surface area contributed by atoms with Crippen molar-refractivity contribution in [3.63, 3.8) is 0 Å². The van der Waals surface area contributed by atoms with Crippen molar-refractivity contribution in [2.45, 2.75) is 34.2 Å². The highest BCUT2D eigenvalue weighted by atomic mass is 16.5. The van der Waals surface area contributed by atoms with Crippen LogP contribution in [0, 0.1) is 13.8 Å². The molecule has 4 nitrogen and oxygen atoms in total. The number of nitrogens with one attached hydrogen (secondary N) is 1. The van der Waals surface area contributed by atoms with Crippen molar-refractivity contribution in [3.05, 3.63) is 22.9 Å². The van der Waals surface area contributed by atoms with E-state index in [1.807, 2.05) is 13.8 Å². The Hall–Kier alpha value is -1.13. The van der Waals surface area contributed by atoms with Crippen molar-refractivity contribution in [2.75, 3.05) is 38.3 Å². The summed E-state index contributed by atoms with van der Waals surface area (Å²) >= 11 is 0. The first-order valence-electron chi connectivity index (χ1n) is 7.06. The van der Waals surface area contributed by atoms with Crippen LogP contribution in [0.5, 0.6) is 0 Å². The summed E-state index contributed by atoms with van der Waals surface area (Å²) in [6.45, 7) is 12.5. The Morgan fingerprint density at radius 1 is 1.32 bits per heavy atom. The molecule has 108 valence electrons. The van der Waals surface area contributed by atoms with Gasteiger partial charge < -0.3 is 15.0 Å². The predicted molar refractivity (Wildman–Crippen MR) is 80.9 cm³/mol. The standard InChI is InChI=1S/C15H27N3O/c1-6-16-11-14-12(3)10-13(4)17-15(14)18(5)8-9-19-7-2/h10,16H,6-9,11H2,1-5H3. The molecule has 1 N–H and O–H groups in total. The summed E-state index contributed by atoms with van der Waals surface area (Å²) in [6.07, 6.45) is 0. The van der Waals surface area contributed by atoms with E-state index in [0.29, 0.717) is 0 Å². The average molecular weight is 265 g/mol. The first kappa shape index (κ1) is 15.9. The molecule has 0 bridgehead atoms. The minimum Gasteiger partial charge on any atom is -0.380 e. The summed E-state index contributed by atoms with van der Waals surface area (Å²) < 4.78 is 5.42. The fraction of sp³-hybridized carbons (Fsp3) is 0.667. The Bertz CT molecular complexity index is 393. The van der Waals surface area contributed by atoms with Crippen LogP contribution in [0.2, 0.25) is 0 Å². The van der Waals surface area contributed by atoms with Gasteiger partial charge >= 0.3 is 0 Å². The van der Waals surface area contributed by atoms with E-state index in [1.54, 1.807) is 0 Å². The van der Waals surface area contributed by atoms with Gasteiger partial charge in [0.1, 0.15) is 5.82 Å². The van der Waals surface area contributed by atoms with Gasteiger partial charge in [0.25, 0.3) is 0 Å². The number of rotatable bonds is 8. The van der Waals surface area contributed by atoms with E-state index < -0.39 is 0 Å². The van der Waals surface area contributed by atoms with Crippen LogP contribution in [0.4, 0.5) is 5.82 Å². The van der Waals surface area contributed by atoms with Gasteiger partial charge in [-0.15, -0.1) is 0 Å². The van der Waals surface area contributed by atoms with E-state index in [4.69, 9.17) is 9.72 Å². The number of hydrogen-bond donors (Lipinski definition) is 1. The summed E-state index contributed by atoms with van der Waals surface area (Å²) in [4.78, 5) is 6.88. The van der Waals surface area contributed by atoms with Gasteiger partial charge in [0.15, 0.2) is 0 Å². The molecule has 0 saturated carbocycles. The Kier molecular flexibility index (Phi) is 6.81. The molecule has 0 saturated heterocycles. The number of nitrogens with zero attached hydrogens (tertiary/aromatic N) is 2. The molecular formula is C15H27N3O. The first-order chi connectivity index (χ1) is 9.10. The minimum absolute atomic E-state index is 0.738. The molecule has 0 atom stereocenters. The van der Waals surface area contributed by atoms with Gasteiger partial charge in [0.2, 0.25) is 0 Å². The number of anilines is 1. The van der Waals surface area contributed by atoms with E-state index in [0.717, 1.165) is 44.4 Å². The van der Waals surface area contributed by atoms with Crippen LogP contribution < -0.4 is 10.2 Å². The third-order valence-electron chi connectivity index (χ3n) is 3.14. The van der Waals surface area contributed by atoms with Gasteiger partial charge in [0, 0.05) is 38.0 Å². The molecule has 0 amide bonds. The second-order valence-corrected chi connectivity index (χ2v) is 4.78. The predicted octanol–water partition coefficient (Wildman–Crippen LogP) is 2.28. The highest BCUT2D eigenvalue weighted by Crippen LogP contribution is 2.21. The van der Waals surface area contributed by atoms with Crippen LogP contribution in [-0.4, -0.2) is 38.3 Å². The summed E-state index contributed by atoms with van der Waals surface area (Å²) in [5.74, 6) is 1.07. The van der Waals surface area contributed by atoms with Crippen molar-refractivity contribution >= 4 is 5.82 Å². The molecular weight excluding hydrogens is 238 g/mol. The molecule has 0 radical (unpaired) electrons. The molecule has 4 heteroatoms. The number of hydrogen-bond acceptors (Lipinski definition) is 4. The van der Waals surface area contributed by atoms with Gasteiger partial charge in [0.05, 0.1) is 6.61 Å². The number of aryl methyl sites for hydroxylation is 2. The number of likely N-dealkylation sites (N-methyl/N-ethyl adjacent to an activating group) is 1. The lowest BCUT2D eigenvalue weighted by molar-refractivity contribution is 0.154. The van der Waals surface area contributed by atoms with Crippen LogP contribution in [0.25, 0.3) is 0 Å². The van der Waals surface area contributed by atoms with Crippen molar-refractivity contribution < 1.29 is 4.74 Å². The zero-order valence-corrected chi connectivity index (χ0v) is 12.9.